The fourth-order valence-corrected chi connectivity index (χ4v) is 2.28. The zero-order valence-corrected chi connectivity index (χ0v) is 12.9. The van der Waals surface area contributed by atoms with E-state index in [4.69, 9.17) is 4.74 Å². The molecular formula is C14H23N5O2. The first-order valence-corrected chi connectivity index (χ1v) is 7.40. The van der Waals surface area contributed by atoms with E-state index in [2.05, 4.69) is 20.2 Å². The summed E-state index contributed by atoms with van der Waals surface area (Å²) in [4.78, 5) is 24.5. The molecule has 0 bridgehead atoms. The van der Waals surface area contributed by atoms with Crippen LogP contribution in [0.15, 0.2) is 6.07 Å². The Kier molecular flexibility index (Phi) is 5.19. The Hall–Kier alpha value is -2.05. The van der Waals surface area contributed by atoms with E-state index in [1.54, 1.807) is 4.90 Å². The quantitative estimate of drug-likeness (QED) is 0.907. The molecule has 1 aliphatic rings. The van der Waals surface area contributed by atoms with Crippen LogP contribution in [0.5, 0.6) is 0 Å². The molecule has 1 fully saturated rings. The Morgan fingerprint density at radius 2 is 2.00 bits per heavy atom. The van der Waals surface area contributed by atoms with Crippen LogP contribution >= 0.6 is 0 Å². The maximum Gasteiger partial charge on any atom is 0.409 e. The van der Waals surface area contributed by atoms with Crippen LogP contribution in [-0.2, 0) is 4.74 Å². The first-order chi connectivity index (χ1) is 10.1. The van der Waals surface area contributed by atoms with Crippen LogP contribution in [0.25, 0.3) is 0 Å². The number of aryl methyl sites for hydroxylation is 1. The molecule has 21 heavy (non-hydrogen) atoms. The second-order valence-electron chi connectivity index (χ2n) is 4.89. The molecule has 0 aromatic carbocycles. The number of carbonyl (C=O) groups is 1. The number of carbonyl (C=O) groups excluding carboxylic acids is 1. The van der Waals surface area contributed by atoms with Gasteiger partial charge in [-0.1, -0.05) is 0 Å². The van der Waals surface area contributed by atoms with Crippen molar-refractivity contribution < 1.29 is 9.53 Å². The summed E-state index contributed by atoms with van der Waals surface area (Å²) in [5.74, 6) is 1.56. The summed E-state index contributed by atoms with van der Waals surface area (Å²) in [5, 5.41) is 3.14. The Morgan fingerprint density at radius 1 is 1.29 bits per heavy atom. The molecule has 1 saturated heterocycles. The average Bonchev–Trinajstić information content (AvgIpc) is 2.47. The van der Waals surface area contributed by atoms with Crippen LogP contribution in [0.4, 0.5) is 16.6 Å². The minimum absolute atomic E-state index is 0.232. The lowest BCUT2D eigenvalue weighted by Gasteiger charge is -2.34. The van der Waals surface area contributed by atoms with Gasteiger partial charge in [0.15, 0.2) is 0 Å². The van der Waals surface area contributed by atoms with E-state index >= 15 is 0 Å². The molecule has 116 valence electrons. The molecule has 1 aliphatic heterocycles. The summed E-state index contributed by atoms with van der Waals surface area (Å²) in [5.41, 5.74) is 0.934. The molecule has 1 amide bonds. The van der Waals surface area contributed by atoms with Crippen LogP contribution in [0.1, 0.15) is 19.5 Å². The number of nitrogens with zero attached hydrogens (tertiary/aromatic N) is 4. The molecule has 1 aromatic rings. The molecule has 0 unspecified atom stereocenters. The van der Waals surface area contributed by atoms with Gasteiger partial charge in [-0.15, -0.1) is 0 Å². The third-order valence-electron chi connectivity index (χ3n) is 3.31. The van der Waals surface area contributed by atoms with Gasteiger partial charge in [-0.3, -0.25) is 0 Å². The van der Waals surface area contributed by atoms with Gasteiger partial charge in [0.1, 0.15) is 5.82 Å². The van der Waals surface area contributed by atoms with Crippen molar-refractivity contribution in [3.05, 3.63) is 11.8 Å². The molecule has 0 radical (unpaired) electrons. The van der Waals surface area contributed by atoms with Crippen LogP contribution in [0.3, 0.4) is 0 Å². The van der Waals surface area contributed by atoms with E-state index in [9.17, 15) is 4.79 Å². The second-order valence-corrected chi connectivity index (χ2v) is 4.89. The van der Waals surface area contributed by atoms with Gasteiger partial charge in [-0.05, 0) is 20.8 Å². The maximum absolute atomic E-state index is 11.7. The molecule has 1 aromatic heterocycles. The van der Waals surface area contributed by atoms with E-state index in [1.807, 2.05) is 26.8 Å². The van der Waals surface area contributed by atoms with Crippen LogP contribution in [0, 0.1) is 6.92 Å². The molecule has 0 saturated carbocycles. The van der Waals surface area contributed by atoms with E-state index in [1.165, 1.54) is 0 Å². The van der Waals surface area contributed by atoms with Crippen LogP contribution in [-0.4, -0.2) is 60.3 Å². The van der Waals surface area contributed by atoms with Crippen molar-refractivity contribution in [2.45, 2.75) is 20.8 Å². The predicted octanol–water partition coefficient (Wildman–Crippen LogP) is 1.50. The molecule has 1 N–H and O–H groups in total. The highest BCUT2D eigenvalue weighted by Gasteiger charge is 2.23. The molecule has 0 spiro atoms. The fourth-order valence-electron chi connectivity index (χ4n) is 2.28. The first kappa shape index (κ1) is 15.3. The highest BCUT2D eigenvalue weighted by atomic mass is 16.6. The minimum atomic E-state index is -0.232. The molecule has 0 aliphatic carbocycles. The normalized spacial score (nSPS) is 15.0. The first-order valence-electron chi connectivity index (χ1n) is 7.40. The SMILES string of the molecule is CCNc1nc(C)cc(N2CCN(C(=O)OCC)CC2)n1. The van der Waals surface area contributed by atoms with Gasteiger partial charge < -0.3 is 19.9 Å². The largest absolute Gasteiger partial charge is 0.450 e. The third-order valence-corrected chi connectivity index (χ3v) is 3.31. The van der Waals surface area contributed by atoms with E-state index < -0.39 is 0 Å². The summed E-state index contributed by atoms with van der Waals surface area (Å²) in [7, 11) is 0. The number of hydrogen-bond donors (Lipinski definition) is 1. The summed E-state index contributed by atoms with van der Waals surface area (Å²) in [6, 6.07) is 1.97. The lowest BCUT2D eigenvalue weighted by atomic mass is 10.3. The van der Waals surface area contributed by atoms with Gasteiger partial charge >= 0.3 is 6.09 Å². The van der Waals surface area contributed by atoms with Gasteiger partial charge in [0.2, 0.25) is 5.95 Å². The number of piperazine rings is 1. The van der Waals surface area contributed by atoms with Crippen molar-refractivity contribution in [2.75, 3.05) is 49.5 Å². The standard InChI is InChI=1S/C14H23N5O2/c1-4-15-13-16-11(3)10-12(17-13)18-6-8-19(9-7-18)14(20)21-5-2/h10H,4-9H2,1-3H3,(H,15,16,17). The van der Waals surface area contributed by atoms with Crippen molar-refractivity contribution >= 4 is 17.9 Å². The fraction of sp³-hybridized carbons (Fsp3) is 0.643. The number of aromatic nitrogens is 2. The number of amides is 1. The highest BCUT2D eigenvalue weighted by Crippen LogP contribution is 2.17. The molecule has 0 atom stereocenters. The number of rotatable bonds is 4. The Bertz CT molecular complexity index is 486. The molecular weight excluding hydrogens is 270 g/mol. The van der Waals surface area contributed by atoms with Gasteiger partial charge in [-0.2, -0.15) is 4.98 Å². The third kappa shape index (κ3) is 3.96. The van der Waals surface area contributed by atoms with Crippen LogP contribution < -0.4 is 10.2 Å². The van der Waals surface area contributed by atoms with Crippen molar-refractivity contribution in [1.82, 2.24) is 14.9 Å². The Labute approximate surface area is 125 Å². The zero-order valence-electron chi connectivity index (χ0n) is 12.9. The van der Waals surface area contributed by atoms with E-state index in [0.717, 1.165) is 31.1 Å². The van der Waals surface area contributed by atoms with Gasteiger partial charge in [0.05, 0.1) is 6.61 Å². The summed E-state index contributed by atoms with van der Waals surface area (Å²) in [6.45, 7) is 9.80. The Balaban J connectivity index is 2.00. The van der Waals surface area contributed by atoms with Gasteiger partial charge in [0, 0.05) is 44.5 Å². The monoisotopic (exact) mass is 293 g/mol. The molecule has 2 heterocycles. The van der Waals surface area contributed by atoms with E-state index in [0.29, 0.717) is 25.6 Å². The lowest BCUT2D eigenvalue weighted by molar-refractivity contribution is 0.105. The second kappa shape index (κ2) is 7.10. The van der Waals surface area contributed by atoms with Crippen molar-refractivity contribution in [3.63, 3.8) is 0 Å². The highest BCUT2D eigenvalue weighted by molar-refractivity contribution is 5.68. The lowest BCUT2D eigenvalue weighted by Crippen LogP contribution is -2.49. The van der Waals surface area contributed by atoms with Crippen LogP contribution in [0.2, 0.25) is 0 Å². The topological polar surface area (TPSA) is 70.6 Å². The van der Waals surface area contributed by atoms with Crippen molar-refractivity contribution in [3.8, 4) is 0 Å². The van der Waals surface area contributed by atoms with E-state index in [-0.39, 0.29) is 6.09 Å². The predicted molar refractivity (Wildman–Crippen MR) is 81.7 cm³/mol. The van der Waals surface area contributed by atoms with Gasteiger partial charge in [0.25, 0.3) is 0 Å². The summed E-state index contributed by atoms with van der Waals surface area (Å²) >= 11 is 0. The summed E-state index contributed by atoms with van der Waals surface area (Å²) < 4.78 is 5.03. The average molecular weight is 293 g/mol. The Morgan fingerprint density at radius 3 is 2.62 bits per heavy atom. The van der Waals surface area contributed by atoms with Crippen molar-refractivity contribution in [1.29, 1.82) is 0 Å². The molecule has 7 heteroatoms. The smallest absolute Gasteiger partial charge is 0.409 e. The number of hydrogen-bond acceptors (Lipinski definition) is 6. The molecule has 2 rings (SSSR count). The van der Waals surface area contributed by atoms with Crippen molar-refractivity contribution in [2.24, 2.45) is 0 Å². The number of anilines is 2. The maximum atomic E-state index is 11.7. The number of nitrogens with one attached hydrogen (secondary N) is 1. The number of ether oxygens (including phenoxy) is 1. The summed E-state index contributed by atoms with van der Waals surface area (Å²) in [6.07, 6.45) is -0.232. The van der Waals surface area contributed by atoms with Gasteiger partial charge in [-0.25, -0.2) is 9.78 Å². The minimum Gasteiger partial charge on any atom is -0.450 e. The zero-order chi connectivity index (χ0) is 15.2. The molecule has 7 nitrogen and oxygen atoms in total.